The zero-order chi connectivity index (χ0) is 14.8. The lowest BCUT2D eigenvalue weighted by atomic mass is 9.92. The maximum Gasteiger partial charge on any atom is 0.433 e. The molecular weight excluding hydrogens is 267 g/mol. The maximum absolute atomic E-state index is 12.7. The van der Waals surface area contributed by atoms with E-state index in [9.17, 15) is 13.2 Å². The van der Waals surface area contributed by atoms with Crippen LogP contribution in [-0.4, -0.2) is 18.1 Å². The molecule has 2 rings (SSSR count). The average molecular weight is 287 g/mol. The summed E-state index contributed by atoms with van der Waals surface area (Å²) in [6.45, 7) is 3.68. The predicted molar refractivity (Wildman–Crippen MR) is 73.5 cm³/mol. The number of alkyl halides is 3. The van der Waals surface area contributed by atoms with Crippen LogP contribution in [0.2, 0.25) is 0 Å². The summed E-state index contributed by atoms with van der Waals surface area (Å²) in [5, 5.41) is 0. The van der Waals surface area contributed by atoms with Crippen molar-refractivity contribution in [3.63, 3.8) is 0 Å². The topological polar surface area (TPSA) is 42.2 Å². The van der Waals surface area contributed by atoms with E-state index in [1.54, 1.807) is 0 Å². The quantitative estimate of drug-likeness (QED) is 0.921. The van der Waals surface area contributed by atoms with Gasteiger partial charge in [-0.2, -0.15) is 13.2 Å². The fourth-order valence-corrected chi connectivity index (χ4v) is 2.75. The summed E-state index contributed by atoms with van der Waals surface area (Å²) in [4.78, 5) is 5.32. The monoisotopic (exact) mass is 287 g/mol. The third-order valence-electron chi connectivity index (χ3n) is 3.85. The van der Waals surface area contributed by atoms with E-state index < -0.39 is 11.9 Å². The first-order chi connectivity index (χ1) is 9.41. The van der Waals surface area contributed by atoms with Crippen LogP contribution in [0, 0.1) is 5.92 Å². The van der Waals surface area contributed by atoms with Gasteiger partial charge in [0.2, 0.25) is 0 Å². The van der Waals surface area contributed by atoms with Crippen LogP contribution < -0.4 is 10.6 Å². The molecule has 3 nitrogen and oxygen atoms in total. The SMILES string of the molecule is CCCC1CCN(c2cc(C(F)(F)F)ncc2N)CC1. The highest BCUT2D eigenvalue weighted by Gasteiger charge is 2.33. The number of hydrogen-bond acceptors (Lipinski definition) is 3. The van der Waals surface area contributed by atoms with Gasteiger partial charge in [-0.1, -0.05) is 19.8 Å². The Kier molecular flexibility index (Phi) is 4.40. The van der Waals surface area contributed by atoms with Gasteiger partial charge in [-0.05, 0) is 24.8 Å². The van der Waals surface area contributed by atoms with E-state index in [2.05, 4.69) is 11.9 Å². The van der Waals surface area contributed by atoms with Gasteiger partial charge in [-0.25, -0.2) is 4.98 Å². The van der Waals surface area contributed by atoms with E-state index in [0.29, 0.717) is 17.3 Å². The van der Waals surface area contributed by atoms with Crippen LogP contribution in [0.4, 0.5) is 24.5 Å². The van der Waals surface area contributed by atoms with Crippen molar-refractivity contribution in [2.45, 2.75) is 38.8 Å². The van der Waals surface area contributed by atoms with Crippen LogP contribution >= 0.6 is 0 Å². The van der Waals surface area contributed by atoms with E-state index in [4.69, 9.17) is 5.73 Å². The molecule has 1 aliphatic rings. The molecule has 1 saturated heterocycles. The number of nitrogen functional groups attached to an aromatic ring is 1. The van der Waals surface area contributed by atoms with Gasteiger partial charge in [0.1, 0.15) is 5.69 Å². The number of hydrogen-bond donors (Lipinski definition) is 1. The Morgan fingerprint density at radius 2 is 2.00 bits per heavy atom. The molecule has 0 aliphatic carbocycles. The highest BCUT2D eigenvalue weighted by molar-refractivity contribution is 5.67. The first kappa shape index (κ1) is 14.9. The van der Waals surface area contributed by atoms with Gasteiger partial charge < -0.3 is 10.6 Å². The number of nitrogens with zero attached hydrogens (tertiary/aromatic N) is 2. The van der Waals surface area contributed by atoms with Crippen molar-refractivity contribution < 1.29 is 13.2 Å². The highest BCUT2D eigenvalue weighted by atomic mass is 19.4. The van der Waals surface area contributed by atoms with E-state index in [1.165, 1.54) is 6.42 Å². The van der Waals surface area contributed by atoms with Crippen LogP contribution in [0.1, 0.15) is 38.3 Å². The molecule has 0 radical (unpaired) electrons. The van der Waals surface area contributed by atoms with Crippen molar-refractivity contribution in [1.29, 1.82) is 0 Å². The Bertz CT molecular complexity index is 451. The van der Waals surface area contributed by atoms with E-state index >= 15 is 0 Å². The summed E-state index contributed by atoms with van der Waals surface area (Å²) in [5.41, 5.74) is 5.68. The molecule has 0 spiro atoms. The second kappa shape index (κ2) is 5.89. The molecule has 112 valence electrons. The number of aromatic nitrogens is 1. The van der Waals surface area contributed by atoms with Gasteiger partial charge in [0.15, 0.2) is 0 Å². The van der Waals surface area contributed by atoms with Crippen molar-refractivity contribution in [2.24, 2.45) is 5.92 Å². The van der Waals surface area contributed by atoms with Crippen molar-refractivity contribution in [2.75, 3.05) is 23.7 Å². The Hall–Kier alpha value is -1.46. The van der Waals surface area contributed by atoms with Gasteiger partial charge >= 0.3 is 6.18 Å². The van der Waals surface area contributed by atoms with Crippen LogP contribution in [0.15, 0.2) is 12.3 Å². The minimum atomic E-state index is -4.43. The van der Waals surface area contributed by atoms with E-state index in [-0.39, 0.29) is 0 Å². The van der Waals surface area contributed by atoms with Crippen molar-refractivity contribution >= 4 is 11.4 Å². The lowest BCUT2D eigenvalue weighted by molar-refractivity contribution is -0.141. The van der Waals surface area contributed by atoms with Crippen molar-refractivity contribution in [3.05, 3.63) is 18.0 Å². The fourth-order valence-electron chi connectivity index (χ4n) is 2.75. The zero-order valence-corrected chi connectivity index (χ0v) is 11.6. The van der Waals surface area contributed by atoms with E-state index in [1.807, 2.05) is 4.90 Å². The van der Waals surface area contributed by atoms with Gasteiger partial charge in [0.25, 0.3) is 0 Å². The van der Waals surface area contributed by atoms with Crippen molar-refractivity contribution in [1.82, 2.24) is 4.98 Å². The molecule has 20 heavy (non-hydrogen) atoms. The molecule has 0 atom stereocenters. The summed E-state index contributed by atoms with van der Waals surface area (Å²) >= 11 is 0. The van der Waals surface area contributed by atoms with E-state index in [0.717, 1.165) is 44.6 Å². The van der Waals surface area contributed by atoms with Gasteiger partial charge in [0.05, 0.1) is 17.6 Å². The average Bonchev–Trinajstić information content (AvgIpc) is 2.39. The van der Waals surface area contributed by atoms with Gasteiger partial charge in [-0.3, -0.25) is 0 Å². The Labute approximate surface area is 117 Å². The summed E-state index contributed by atoms with van der Waals surface area (Å²) in [6, 6.07) is 1.06. The molecule has 1 aromatic rings. The molecule has 0 aromatic carbocycles. The molecular formula is C14H20F3N3. The summed E-state index contributed by atoms with van der Waals surface area (Å²) in [5.74, 6) is 0.682. The third-order valence-corrected chi connectivity index (χ3v) is 3.85. The lowest BCUT2D eigenvalue weighted by Crippen LogP contribution is -2.34. The van der Waals surface area contributed by atoms with Crippen LogP contribution in [0.3, 0.4) is 0 Å². The molecule has 1 aromatic heterocycles. The Balaban J connectivity index is 2.13. The fraction of sp³-hybridized carbons (Fsp3) is 0.643. The lowest BCUT2D eigenvalue weighted by Gasteiger charge is -2.34. The smallest absolute Gasteiger partial charge is 0.396 e. The molecule has 0 saturated carbocycles. The van der Waals surface area contributed by atoms with Crippen LogP contribution in [-0.2, 0) is 6.18 Å². The second-order valence-corrected chi connectivity index (χ2v) is 5.35. The molecule has 0 amide bonds. The number of anilines is 2. The van der Waals surface area contributed by atoms with Crippen molar-refractivity contribution in [3.8, 4) is 0 Å². The second-order valence-electron chi connectivity index (χ2n) is 5.35. The van der Waals surface area contributed by atoms with Gasteiger partial charge in [0, 0.05) is 13.1 Å². The maximum atomic E-state index is 12.7. The minimum absolute atomic E-state index is 0.312. The normalized spacial score (nSPS) is 17.5. The van der Waals surface area contributed by atoms with Crippen LogP contribution in [0.5, 0.6) is 0 Å². The third kappa shape index (κ3) is 3.35. The first-order valence-corrected chi connectivity index (χ1v) is 6.99. The number of rotatable bonds is 3. The molecule has 2 heterocycles. The number of piperidine rings is 1. The summed E-state index contributed by atoms with van der Waals surface area (Å²) in [6.07, 6.45) is 1.04. The number of pyridine rings is 1. The molecule has 2 N–H and O–H groups in total. The van der Waals surface area contributed by atoms with Crippen LogP contribution in [0.25, 0.3) is 0 Å². The summed E-state index contributed by atoms with van der Waals surface area (Å²) < 4.78 is 38.1. The Morgan fingerprint density at radius 3 is 2.55 bits per heavy atom. The zero-order valence-electron chi connectivity index (χ0n) is 11.6. The van der Waals surface area contributed by atoms with Gasteiger partial charge in [-0.15, -0.1) is 0 Å². The number of halogens is 3. The standard InChI is InChI=1S/C14H20F3N3/c1-2-3-10-4-6-20(7-5-10)12-8-13(14(15,16)17)19-9-11(12)18/h8-10H,2-7,18H2,1H3. The summed E-state index contributed by atoms with van der Waals surface area (Å²) in [7, 11) is 0. The Morgan fingerprint density at radius 1 is 1.35 bits per heavy atom. The molecule has 0 bridgehead atoms. The first-order valence-electron chi connectivity index (χ1n) is 6.99. The predicted octanol–water partition coefficient (Wildman–Crippen LogP) is 3.70. The molecule has 6 heteroatoms. The minimum Gasteiger partial charge on any atom is -0.396 e. The highest BCUT2D eigenvalue weighted by Crippen LogP contribution is 2.34. The number of nitrogens with two attached hydrogens (primary N) is 1. The molecule has 1 aliphatic heterocycles. The molecule has 1 fully saturated rings. The molecule has 0 unspecified atom stereocenters. The largest absolute Gasteiger partial charge is 0.433 e.